The maximum Gasteiger partial charge on any atom is 0.273 e. The molecule has 1 saturated heterocycles. The van der Waals surface area contributed by atoms with Crippen LogP contribution >= 0.6 is 0 Å². The summed E-state index contributed by atoms with van der Waals surface area (Å²) in [5.41, 5.74) is 1.31. The van der Waals surface area contributed by atoms with E-state index in [1.807, 2.05) is 13.0 Å². The van der Waals surface area contributed by atoms with Crippen LogP contribution in [-0.2, 0) is 17.8 Å². The molecule has 0 aliphatic carbocycles. The highest BCUT2D eigenvalue weighted by Gasteiger charge is 2.24. The first-order valence-corrected chi connectivity index (χ1v) is 8.17. The number of carbonyl (C=O) groups is 1. The summed E-state index contributed by atoms with van der Waals surface area (Å²) in [4.78, 5) is 27.0. The molecule has 0 spiro atoms. The molecule has 2 heterocycles. The van der Waals surface area contributed by atoms with Crippen LogP contribution < -0.4 is 0 Å². The summed E-state index contributed by atoms with van der Waals surface area (Å²) < 4.78 is 5.22. The molecule has 0 saturated carbocycles. The van der Waals surface area contributed by atoms with Gasteiger partial charge in [0.1, 0.15) is 0 Å². The zero-order valence-electron chi connectivity index (χ0n) is 14.1. The second kappa shape index (κ2) is 7.43. The van der Waals surface area contributed by atoms with E-state index < -0.39 is 4.92 Å². The molecule has 0 bridgehead atoms. The van der Waals surface area contributed by atoms with Gasteiger partial charge in [-0.15, -0.1) is 0 Å². The summed E-state index contributed by atoms with van der Waals surface area (Å²) in [5.74, 6) is 0.738. The lowest BCUT2D eigenvalue weighted by atomic mass is 10.1. The van der Waals surface area contributed by atoms with Crippen LogP contribution in [0.4, 0.5) is 5.69 Å². The molecule has 1 aromatic heterocycles. The van der Waals surface area contributed by atoms with E-state index in [9.17, 15) is 14.9 Å². The molecule has 0 N–H and O–H groups in total. The molecule has 1 aliphatic heterocycles. The normalized spacial score (nSPS) is 15.3. The minimum absolute atomic E-state index is 0.00447. The first kappa shape index (κ1) is 17.1. The largest absolute Gasteiger partial charge is 0.360 e. The van der Waals surface area contributed by atoms with Crippen LogP contribution in [0.15, 0.2) is 34.9 Å². The molecule has 1 amide bonds. The average Bonchev–Trinajstić information content (AvgIpc) is 3.00. The first-order chi connectivity index (χ1) is 12.0. The van der Waals surface area contributed by atoms with Crippen molar-refractivity contribution in [3.63, 3.8) is 0 Å². The van der Waals surface area contributed by atoms with Crippen molar-refractivity contribution in [2.24, 2.45) is 0 Å². The lowest BCUT2D eigenvalue weighted by Crippen LogP contribution is -2.48. The van der Waals surface area contributed by atoms with Gasteiger partial charge in [0.2, 0.25) is 5.91 Å². The van der Waals surface area contributed by atoms with Crippen LogP contribution in [0, 0.1) is 17.0 Å². The Morgan fingerprint density at radius 1 is 1.28 bits per heavy atom. The van der Waals surface area contributed by atoms with Gasteiger partial charge in [0.05, 0.1) is 23.6 Å². The Bertz CT molecular complexity index is 766. The standard InChI is InChI=1S/C17H20N4O4/c1-13-10-15(25-18-13)12-19-6-8-20(9-7-19)17(22)11-14-4-2-3-5-16(14)21(23)24/h2-5,10H,6-9,11-12H2,1H3. The van der Waals surface area contributed by atoms with Crippen LogP contribution in [0.2, 0.25) is 0 Å². The summed E-state index contributed by atoms with van der Waals surface area (Å²) in [5, 5.41) is 14.9. The van der Waals surface area contributed by atoms with E-state index in [4.69, 9.17) is 4.52 Å². The monoisotopic (exact) mass is 344 g/mol. The van der Waals surface area contributed by atoms with Crippen LogP contribution in [0.5, 0.6) is 0 Å². The van der Waals surface area contributed by atoms with Gasteiger partial charge in [-0.25, -0.2) is 0 Å². The number of aryl methyl sites for hydroxylation is 1. The van der Waals surface area contributed by atoms with E-state index in [0.717, 1.165) is 24.5 Å². The number of nitrogens with zero attached hydrogens (tertiary/aromatic N) is 4. The van der Waals surface area contributed by atoms with Gasteiger partial charge < -0.3 is 9.42 Å². The number of rotatable bonds is 5. The number of carbonyl (C=O) groups excluding carboxylic acids is 1. The lowest BCUT2D eigenvalue weighted by Gasteiger charge is -2.34. The zero-order valence-corrected chi connectivity index (χ0v) is 14.1. The molecule has 25 heavy (non-hydrogen) atoms. The highest BCUT2D eigenvalue weighted by atomic mass is 16.6. The predicted molar refractivity (Wildman–Crippen MR) is 89.9 cm³/mol. The number of piperazine rings is 1. The fourth-order valence-electron chi connectivity index (χ4n) is 2.98. The molecule has 0 atom stereocenters. The van der Waals surface area contributed by atoms with Crippen molar-refractivity contribution in [3.8, 4) is 0 Å². The molecule has 8 nitrogen and oxygen atoms in total. The number of aromatic nitrogens is 1. The summed E-state index contributed by atoms with van der Waals surface area (Å²) in [6.07, 6.45) is 0.0540. The summed E-state index contributed by atoms with van der Waals surface area (Å²) >= 11 is 0. The van der Waals surface area contributed by atoms with Gasteiger partial charge in [0, 0.05) is 43.9 Å². The van der Waals surface area contributed by atoms with E-state index in [-0.39, 0.29) is 18.0 Å². The second-order valence-corrected chi connectivity index (χ2v) is 6.15. The maximum atomic E-state index is 12.5. The van der Waals surface area contributed by atoms with Gasteiger partial charge in [-0.1, -0.05) is 23.4 Å². The Hall–Kier alpha value is -2.74. The second-order valence-electron chi connectivity index (χ2n) is 6.15. The fraction of sp³-hybridized carbons (Fsp3) is 0.412. The van der Waals surface area contributed by atoms with E-state index in [1.54, 1.807) is 23.1 Å². The van der Waals surface area contributed by atoms with E-state index in [2.05, 4.69) is 10.1 Å². The smallest absolute Gasteiger partial charge is 0.273 e. The van der Waals surface area contributed by atoms with Crippen LogP contribution in [0.25, 0.3) is 0 Å². The number of nitro groups is 1. The van der Waals surface area contributed by atoms with Crippen molar-refractivity contribution < 1.29 is 14.2 Å². The highest BCUT2D eigenvalue weighted by molar-refractivity contribution is 5.80. The maximum absolute atomic E-state index is 12.5. The number of benzene rings is 1. The SMILES string of the molecule is Cc1cc(CN2CCN(C(=O)Cc3ccccc3[N+](=O)[O-])CC2)on1. The number of hydrogen-bond acceptors (Lipinski definition) is 6. The highest BCUT2D eigenvalue weighted by Crippen LogP contribution is 2.19. The molecule has 0 radical (unpaired) electrons. The van der Waals surface area contributed by atoms with Gasteiger partial charge in [-0.2, -0.15) is 0 Å². The number of nitro benzene ring substituents is 1. The first-order valence-electron chi connectivity index (χ1n) is 8.17. The van der Waals surface area contributed by atoms with Gasteiger partial charge in [-0.3, -0.25) is 19.8 Å². The van der Waals surface area contributed by atoms with Crippen molar-refractivity contribution in [2.45, 2.75) is 19.9 Å². The van der Waals surface area contributed by atoms with Gasteiger partial charge in [-0.05, 0) is 6.92 Å². The van der Waals surface area contributed by atoms with Crippen LogP contribution in [-0.4, -0.2) is 52.0 Å². The van der Waals surface area contributed by atoms with Gasteiger partial charge in [0.25, 0.3) is 5.69 Å². The van der Waals surface area contributed by atoms with Crippen molar-refractivity contribution in [2.75, 3.05) is 26.2 Å². The number of hydrogen-bond donors (Lipinski definition) is 0. The number of amides is 1. The third-order valence-corrected chi connectivity index (χ3v) is 4.31. The quantitative estimate of drug-likeness (QED) is 0.606. The van der Waals surface area contributed by atoms with E-state index in [0.29, 0.717) is 25.2 Å². The molecule has 2 aromatic rings. The summed E-state index contributed by atoms with van der Waals surface area (Å²) in [6, 6.07) is 8.30. The molecule has 8 heteroatoms. The Kier molecular flexibility index (Phi) is 5.08. The lowest BCUT2D eigenvalue weighted by molar-refractivity contribution is -0.385. The molecule has 1 aromatic carbocycles. The topological polar surface area (TPSA) is 92.7 Å². The van der Waals surface area contributed by atoms with Crippen LogP contribution in [0.1, 0.15) is 17.0 Å². The zero-order chi connectivity index (χ0) is 17.8. The van der Waals surface area contributed by atoms with Crippen molar-refractivity contribution in [3.05, 3.63) is 57.5 Å². The molecular formula is C17H20N4O4. The van der Waals surface area contributed by atoms with Crippen molar-refractivity contribution in [1.82, 2.24) is 15.0 Å². The molecule has 1 fully saturated rings. The van der Waals surface area contributed by atoms with Crippen LogP contribution in [0.3, 0.4) is 0 Å². The number of para-hydroxylation sites is 1. The molecule has 1 aliphatic rings. The summed E-state index contributed by atoms with van der Waals surface area (Å²) in [6.45, 7) is 5.24. The van der Waals surface area contributed by atoms with Gasteiger partial charge in [0.15, 0.2) is 5.76 Å². The Morgan fingerprint density at radius 2 is 2.00 bits per heavy atom. The average molecular weight is 344 g/mol. The van der Waals surface area contributed by atoms with Crippen molar-refractivity contribution in [1.29, 1.82) is 0 Å². The summed E-state index contributed by atoms with van der Waals surface area (Å²) in [7, 11) is 0. The minimum Gasteiger partial charge on any atom is -0.360 e. The Labute approximate surface area is 145 Å². The molecule has 3 rings (SSSR count). The van der Waals surface area contributed by atoms with Gasteiger partial charge >= 0.3 is 0 Å². The van der Waals surface area contributed by atoms with E-state index >= 15 is 0 Å². The minimum atomic E-state index is -0.445. The third kappa shape index (κ3) is 4.21. The van der Waals surface area contributed by atoms with Crippen molar-refractivity contribution >= 4 is 11.6 Å². The predicted octanol–water partition coefficient (Wildman–Crippen LogP) is 1.78. The van der Waals surface area contributed by atoms with E-state index in [1.165, 1.54) is 6.07 Å². The molecular weight excluding hydrogens is 324 g/mol. The molecule has 132 valence electrons. The third-order valence-electron chi connectivity index (χ3n) is 4.31. The fourth-order valence-corrected chi connectivity index (χ4v) is 2.98. The Balaban J connectivity index is 1.54. The Morgan fingerprint density at radius 3 is 2.64 bits per heavy atom. The molecule has 0 unspecified atom stereocenters.